The highest BCUT2D eigenvalue weighted by atomic mass is 19.4. The summed E-state index contributed by atoms with van der Waals surface area (Å²) in [5.74, 6) is 1.02. The second kappa shape index (κ2) is 5.00. The first-order valence-corrected chi connectivity index (χ1v) is 4.74. The number of alkyl halides is 3. The van der Waals surface area contributed by atoms with Gasteiger partial charge in [-0.25, -0.2) is 9.97 Å². The lowest BCUT2D eigenvalue weighted by Crippen LogP contribution is -2.16. The van der Waals surface area contributed by atoms with E-state index in [2.05, 4.69) is 20.6 Å². The Morgan fingerprint density at radius 2 is 1.88 bits per heavy atom. The Hall–Kier alpha value is -1.53. The molecule has 0 atom stereocenters. The number of halogens is 3. The normalized spacial score (nSPS) is 11.3. The molecule has 0 amide bonds. The summed E-state index contributed by atoms with van der Waals surface area (Å²) in [6, 6.07) is 0. The lowest BCUT2D eigenvalue weighted by atomic mass is 10.3. The Balaban J connectivity index is 2.61. The second-order valence-electron chi connectivity index (χ2n) is 3.24. The standard InChI is InChI=1S/C9H13F3N4/c1-6-7(13-2)15-5-16-8(6)14-4-3-9(10,11)12/h5H,3-4H2,1-2H3,(H2,13,14,15,16). The minimum absolute atomic E-state index is 0.190. The van der Waals surface area contributed by atoms with E-state index >= 15 is 0 Å². The molecule has 0 aliphatic carbocycles. The van der Waals surface area contributed by atoms with Crippen LogP contribution in [0.1, 0.15) is 12.0 Å². The van der Waals surface area contributed by atoms with E-state index in [0.717, 1.165) is 0 Å². The van der Waals surface area contributed by atoms with E-state index in [-0.39, 0.29) is 6.54 Å². The molecular formula is C9H13F3N4. The molecule has 90 valence electrons. The van der Waals surface area contributed by atoms with Crippen molar-refractivity contribution in [3.8, 4) is 0 Å². The molecule has 0 aliphatic rings. The summed E-state index contributed by atoms with van der Waals surface area (Å²) in [5.41, 5.74) is 0.701. The Morgan fingerprint density at radius 1 is 1.25 bits per heavy atom. The molecule has 16 heavy (non-hydrogen) atoms. The molecule has 0 saturated carbocycles. The fraction of sp³-hybridized carbons (Fsp3) is 0.556. The van der Waals surface area contributed by atoms with Crippen LogP contribution < -0.4 is 10.6 Å². The topological polar surface area (TPSA) is 49.8 Å². The minimum Gasteiger partial charge on any atom is -0.373 e. The van der Waals surface area contributed by atoms with E-state index in [1.165, 1.54) is 6.33 Å². The minimum atomic E-state index is -4.15. The fourth-order valence-electron chi connectivity index (χ4n) is 1.20. The lowest BCUT2D eigenvalue weighted by molar-refractivity contribution is -0.131. The molecule has 1 aromatic rings. The number of anilines is 2. The first-order chi connectivity index (χ1) is 7.44. The fourth-order valence-corrected chi connectivity index (χ4v) is 1.20. The number of rotatable bonds is 4. The van der Waals surface area contributed by atoms with Gasteiger partial charge in [0.25, 0.3) is 0 Å². The van der Waals surface area contributed by atoms with Crippen molar-refractivity contribution in [1.29, 1.82) is 0 Å². The summed E-state index contributed by atoms with van der Waals surface area (Å²) in [6.45, 7) is 1.55. The first-order valence-electron chi connectivity index (χ1n) is 4.74. The van der Waals surface area contributed by atoms with Gasteiger partial charge in [-0.3, -0.25) is 0 Å². The van der Waals surface area contributed by atoms with Crippen molar-refractivity contribution in [2.24, 2.45) is 0 Å². The van der Waals surface area contributed by atoms with E-state index in [1.54, 1.807) is 14.0 Å². The predicted molar refractivity (Wildman–Crippen MR) is 55.5 cm³/mol. The van der Waals surface area contributed by atoms with Crippen molar-refractivity contribution in [2.75, 3.05) is 24.2 Å². The SMILES string of the molecule is CNc1ncnc(NCCC(F)(F)F)c1C. The van der Waals surface area contributed by atoms with Gasteiger partial charge in [0.2, 0.25) is 0 Å². The third-order valence-corrected chi connectivity index (χ3v) is 2.02. The summed E-state index contributed by atoms with van der Waals surface area (Å²) in [6.07, 6.45) is -3.74. The van der Waals surface area contributed by atoms with E-state index in [4.69, 9.17) is 0 Å². The van der Waals surface area contributed by atoms with E-state index < -0.39 is 12.6 Å². The molecule has 0 radical (unpaired) electrons. The molecule has 0 fully saturated rings. The monoisotopic (exact) mass is 234 g/mol. The number of aromatic nitrogens is 2. The third kappa shape index (κ3) is 3.56. The molecule has 0 aliphatic heterocycles. The highest BCUT2D eigenvalue weighted by Crippen LogP contribution is 2.21. The van der Waals surface area contributed by atoms with Gasteiger partial charge in [0, 0.05) is 19.2 Å². The van der Waals surface area contributed by atoms with Gasteiger partial charge in [-0.15, -0.1) is 0 Å². The van der Waals surface area contributed by atoms with Gasteiger partial charge in [0.15, 0.2) is 0 Å². The summed E-state index contributed by atoms with van der Waals surface area (Å²) in [4.78, 5) is 7.81. The Kier molecular flexibility index (Phi) is 3.92. The van der Waals surface area contributed by atoms with Gasteiger partial charge >= 0.3 is 6.18 Å². The van der Waals surface area contributed by atoms with Gasteiger partial charge in [-0.1, -0.05) is 0 Å². The lowest BCUT2D eigenvalue weighted by Gasteiger charge is -2.11. The summed E-state index contributed by atoms with van der Waals surface area (Å²) in [5, 5.41) is 5.46. The van der Waals surface area contributed by atoms with Crippen LogP contribution in [0.15, 0.2) is 6.33 Å². The van der Waals surface area contributed by atoms with Crippen LogP contribution in [-0.4, -0.2) is 29.7 Å². The summed E-state index contributed by atoms with van der Waals surface area (Å²) >= 11 is 0. The van der Waals surface area contributed by atoms with E-state index in [0.29, 0.717) is 17.2 Å². The number of hydrogen-bond donors (Lipinski definition) is 2. The highest BCUT2D eigenvalue weighted by Gasteiger charge is 2.26. The van der Waals surface area contributed by atoms with Crippen LogP contribution in [0.3, 0.4) is 0 Å². The molecule has 0 aromatic carbocycles. The highest BCUT2D eigenvalue weighted by molar-refractivity contribution is 5.55. The van der Waals surface area contributed by atoms with Crippen molar-refractivity contribution in [1.82, 2.24) is 9.97 Å². The molecule has 7 heteroatoms. The smallest absolute Gasteiger partial charge is 0.373 e. The maximum absolute atomic E-state index is 11.9. The predicted octanol–water partition coefficient (Wildman–Crippen LogP) is 2.19. The quantitative estimate of drug-likeness (QED) is 0.838. The van der Waals surface area contributed by atoms with Crippen molar-refractivity contribution in [2.45, 2.75) is 19.5 Å². The Bertz CT molecular complexity index is 351. The Labute approximate surface area is 91.3 Å². The molecule has 0 unspecified atom stereocenters. The average Bonchev–Trinajstić information content (AvgIpc) is 2.19. The molecule has 1 aromatic heterocycles. The van der Waals surface area contributed by atoms with Crippen molar-refractivity contribution >= 4 is 11.6 Å². The molecule has 0 spiro atoms. The van der Waals surface area contributed by atoms with Gasteiger partial charge in [0.05, 0.1) is 6.42 Å². The van der Waals surface area contributed by atoms with Crippen LogP contribution in [0.2, 0.25) is 0 Å². The first kappa shape index (κ1) is 12.5. The molecule has 0 bridgehead atoms. The number of hydrogen-bond acceptors (Lipinski definition) is 4. The van der Waals surface area contributed by atoms with Crippen LogP contribution >= 0.6 is 0 Å². The van der Waals surface area contributed by atoms with Crippen LogP contribution in [-0.2, 0) is 0 Å². The second-order valence-corrected chi connectivity index (χ2v) is 3.24. The van der Waals surface area contributed by atoms with Gasteiger partial charge in [0.1, 0.15) is 18.0 Å². The molecule has 2 N–H and O–H groups in total. The molecular weight excluding hydrogens is 221 g/mol. The maximum Gasteiger partial charge on any atom is 0.390 e. The molecule has 1 heterocycles. The van der Waals surface area contributed by atoms with Crippen LogP contribution in [0.5, 0.6) is 0 Å². The molecule has 4 nitrogen and oxygen atoms in total. The average molecular weight is 234 g/mol. The largest absolute Gasteiger partial charge is 0.390 e. The third-order valence-electron chi connectivity index (χ3n) is 2.02. The van der Waals surface area contributed by atoms with Crippen molar-refractivity contribution in [3.05, 3.63) is 11.9 Å². The van der Waals surface area contributed by atoms with Crippen LogP contribution in [0.4, 0.5) is 24.8 Å². The van der Waals surface area contributed by atoms with Gasteiger partial charge in [-0.2, -0.15) is 13.2 Å². The summed E-state index contributed by atoms with van der Waals surface area (Å²) < 4.78 is 35.8. The zero-order chi connectivity index (χ0) is 12.2. The number of nitrogens with one attached hydrogen (secondary N) is 2. The molecule has 1 rings (SSSR count). The zero-order valence-electron chi connectivity index (χ0n) is 9.02. The van der Waals surface area contributed by atoms with E-state index in [9.17, 15) is 13.2 Å². The van der Waals surface area contributed by atoms with Crippen LogP contribution in [0, 0.1) is 6.92 Å². The summed E-state index contributed by atoms with van der Waals surface area (Å²) in [7, 11) is 1.69. The van der Waals surface area contributed by atoms with Gasteiger partial charge < -0.3 is 10.6 Å². The van der Waals surface area contributed by atoms with Crippen LogP contribution in [0.25, 0.3) is 0 Å². The van der Waals surface area contributed by atoms with E-state index in [1.807, 2.05) is 0 Å². The van der Waals surface area contributed by atoms with Crippen molar-refractivity contribution < 1.29 is 13.2 Å². The van der Waals surface area contributed by atoms with Gasteiger partial charge in [-0.05, 0) is 6.92 Å². The number of nitrogens with zero attached hydrogens (tertiary/aromatic N) is 2. The zero-order valence-corrected chi connectivity index (χ0v) is 9.02. The maximum atomic E-state index is 11.9. The molecule has 0 saturated heterocycles. The Morgan fingerprint density at radius 3 is 2.44 bits per heavy atom. The van der Waals surface area contributed by atoms with Crippen molar-refractivity contribution in [3.63, 3.8) is 0 Å².